The summed E-state index contributed by atoms with van der Waals surface area (Å²) in [6, 6.07) is 52.2. The van der Waals surface area contributed by atoms with Gasteiger partial charge in [0.2, 0.25) is 0 Å². The molecular formula is C38H27NO. The summed E-state index contributed by atoms with van der Waals surface area (Å²) < 4.78 is 0. The summed E-state index contributed by atoms with van der Waals surface area (Å²) in [5, 5.41) is 19.4. The fourth-order valence-corrected chi connectivity index (χ4v) is 5.53. The van der Waals surface area contributed by atoms with Crippen LogP contribution in [0.4, 0.5) is 11.4 Å². The minimum atomic E-state index is 0.288. The second kappa shape index (κ2) is 10.1. The van der Waals surface area contributed by atoms with Crippen molar-refractivity contribution in [2.45, 2.75) is 0 Å². The maximum Gasteiger partial charge on any atom is 0.131 e. The summed E-state index contributed by atoms with van der Waals surface area (Å²) >= 11 is 0. The predicted octanol–water partition coefficient (Wildman–Crippen LogP) is 10.4. The summed E-state index contributed by atoms with van der Waals surface area (Å²) in [6.45, 7) is 0. The molecule has 0 aliphatic carbocycles. The van der Waals surface area contributed by atoms with E-state index < -0.39 is 0 Å². The zero-order valence-corrected chi connectivity index (χ0v) is 21.9. The van der Waals surface area contributed by atoms with Crippen LogP contribution in [0.5, 0.6) is 5.75 Å². The van der Waals surface area contributed by atoms with Crippen molar-refractivity contribution in [2.75, 3.05) is 5.32 Å². The van der Waals surface area contributed by atoms with Crippen molar-refractivity contribution >= 4 is 32.9 Å². The van der Waals surface area contributed by atoms with Crippen molar-refractivity contribution in [3.8, 4) is 39.1 Å². The van der Waals surface area contributed by atoms with Gasteiger partial charge >= 0.3 is 0 Å². The van der Waals surface area contributed by atoms with Gasteiger partial charge < -0.3 is 10.4 Å². The lowest BCUT2D eigenvalue weighted by atomic mass is 9.92. The van der Waals surface area contributed by atoms with E-state index in [2.05, 4.69) is 121 Å². The lowest BCUT2D eigenvalue weighted by Crippen LogP contribution is -1.95. The highest BCUT2D eigenvalue weighted by molar-refractivity contribution is 6.01. The molecule has 0 atom stereocenters. The highest BCUT2D eigenvalue weighted by atomic mass is 16.3. The van der Waals surface area contributed by atoms with Gasteiger partial charge in [-0.05, 0) is 68.7 Å². The molecular weight excluding hydrogens is 486 g/mol. The molecule has 7 aromatic carbocycles. The predicted molar refractivity (Wildman–Crippen MR) is 169 cm³/mol. The molecule has 7 aromatic rings. The van der Waals surface area contributed by atoms with Crippen LogP contribution in [0, 0.1) is 0 Å². The second-order valence-corrected chi connectivity index (χ2v) is 10.0. The first-order valence-electron chi connectivity index (χ1n) is 13.5. The molecule has 0 amide bonds. The van der Waals surface area contributed by atoms with Crippen molar-refractivity contribution in [1.29, 1.82) is 0 Å². The Labute approximate surface area is 233 Å². The van der Waals surface area contributed by atoms with Crippen LogP contribution < -0.4 is 5.32 Å². The summed E-state index contributed by atoms with van der Waals surface area (Å²) in [6.07, 6.45) is 0. The number of anilines is 2. The van der Waals surface area contributed by atoms with Crippen molar-refractivity contribution in [2.24, 2.45) is 0 Å². The zero-order valence-electron chi connectivity index (χ0n) is 21.9. The number of hydrogen-bond donors (Lipinski definition) is 2. The Morgan fingerprint density at radius 2 is 1.02 bits per heavy atom. The molecule has 0 radical (unpaired) electrons. The Balaban J connectivity index is 1.36. The van der Waals surface area contributed by atoms with E-state index in [0.717, 1.165) is 38.8 Å². The van der Waals surface area contributed by atoms with Crippen molar-refractivity contribution in [3.63, 3.8) is 0 Å². The molecule has 0 heterocycles. The van der Waals surface area contributed by atoms with Gasteiger partial charge in [-0.25, -0.2) is 0 Å². The minimum Gasteiger partial charge on any atom is -0.507 e. The largest absolute Gasteiger partial charge is 0.507 e. The molecule has 0 spiro atoms. The third-order valence-electron chi connectivity index (χ3n) is 7.58. The number of benzene rings is 7. The molecule has 0 saturated carbocycles. The van der Waals surface area contributed by atoms with Crippen LogP contribution in [0.1, 0.15) is 0 Å². The van der Waals surface area contributed by atoms with Gasteiger partial charge in [-0.3, -0.25) is 0 Å². The van der Waals surface area contributed by atoms with Crippen LogP contribution in [0.3, 0.4) is 0 Å². The van der Waals surface area contributed by atoms with Crippen molar-refractivity contribution in [1.82, 2.24) is 0 Å². The maximum absolute atomic E-state index is 11.5. The van der Waals surface area contributed by atoms with Crippen LogP contribution in [-0.4, -0.2) is 5.11 Å². The molecule has 0 aliphatic heterocycles. The van der Waals surface area contributed by atoms with E-state index in [1.807, 2.05) is 36.4 Å². The van der Waals surface area contributed by atoms with Crippen LogP contribution in [-0.2, 0) is 0 Å². The van der Waals surface area contributed by atoms with Gasteiger partial charge in [0, 0.05) is 27.9 Å². The fraction of sp³-hybridized carbons (Fsp3) is 0. The van der Waals surface area contributed by atoms with Crippen LogP contribution in [0.2, 0.25) is 0 Å². The minimum absolute atomic E-state index is 0.288. The number of phenols is 1. The van der Waals surface area contributed by atoms with E-state index in [1.165, 1.54) is 27.5 Å². The summed E-state index contributed by atoms with van der Waals surface area (Å²) in [5.74, 6) is 0.288. The quantitative estimate of drug-likeness (QED) is 0.240. The van der Waals surface area contributed by atoms with Gasteiger partial charge in [-0.15, -0.1) is 0 Å². The van der Waals surface area contributed by atoms with Gasteiger partial charge in [0.05, 0.1) is 0 Å². The standard InChI is InChI=1S/C38H27NO/c40-38-34-15-7-5-12-29(34)19-23-35(38)36-25-30(33-16-8-13-28-11-4-6-14-32(28)33)20-24-37(36)39-31-21-17-27(18-22-31)26-9-2-1-3-10-26/h1-25,39-40H. The van der Waals surface area contributed by atoms with Crippen molar-refractivity contribution < 1.29 is 5.11 Å². The molecule has 0 aromatic heterocycles. The van der Waals surface area contributed by atoms with Gasteiger partial charge in [0.25, 0.3) is 0 Å². The maximum atomic E-state index is 11.5. The van der Waals surface area contributed by atoms with Gasteiger partial charge in [-0.2, -0.15) is 0 Å². The van der Waals surface area contributed by atoms with E-state index in [1.54, 1.807) is 0 Å². The summed E-state index contributed by atoms with van der Waals surface area (Å²) in [7, 11) is 0. The lowest BCUT2D eigenvalue weighted by molar-refractivity contribution is 0.483. The van der Waals surface area contributed by atoms with Gasteiger partial charge in [-0.1, -0.05) is 121 Å². The molecule has 0 aliphatic rings. The molecule has 2 nitrogen and oxygen atoms in total. The average Bonchev–Trinajstić information content (AvgIpc) is 3.02. The normalized spacial score (nSPS) is 11.1. The molecule has 0 saturated heterocycles. The lowest BCUT2D eigenvalue weighted by Gasteiger charge is -2.17. The monoisotopic (exact) mass is 513 g/mol. The van der Waals surface area contributed by atoms with E-state index >= 15 is 0 Å². The van der Waals surface area contributed by atoms with E-state index in [9.17, 15) is 5.11 Å². The molecule has 7 rings (SSSR count). The molecule has 190 valence electrons. The number of rotatable bonds is 5. The van der Waals surface area contributed by atoms with Crippen LogP contribution in [0.25, 0.3) is 54.9 Å². The number of aromatic hydroxyl groups is 1. The Bertz CT molecular complexity index is 1970. The third-order valence-corrected chi connectivity index (χ3v) is 7.58. The molecule has 2 N–H and O–H groups in total. The first-order chi connectivity index (χ1) is 19.7. The smallest absolute Gasteiger partial charge is 0.131 e. The third kappa shape index (κ3) is 4.36. The van der Waals surface area contributed by atoms with Crippen LogP contribution in [0.15, 0.2) is 152 Å². The molecule has 0 fully saturated rings. The van der Waals surface area contributed by atoms with Crippen LogP contribution >= 0.6 is 0 Å². The molecule has 40 heavy (non-hydrogen) atoms. The van der Waals surface area contributed by atoms with E-state index in [-0.39, 0.29) is 5.75 Å². The highest BCUT2D eigenvalue weighted by Gasteiger charge is 2.15. The fourth-order valence-electron chi connectivity index (χ4n) is 5.53. The van der Waals surface area contributed by atoms with E-state index in [0.29, 0.717) is 0 Å². The molecule has 0 unspecified atom stereocenters. The Morgan fingerprint density at radius 1 is 0.400 bits per heavy atom. The Hall–Kier alpha value is -5.34. The SMILES string of the molecule is Oc1c(-c2cc(-c3cccc4ccccc34)ccc2Nc2ccc(-c3ccccc3)cc2)ccc2ccccc12. The van der Waals surface area contributed by atoms with Crippen molar-refractivity contribution in [3.05, 3.63) is 152 Å². The summed E-state index contributed by atoms with van der Waals surface area (Å²) in [5.41, 5.74) is 8.29. The van der Waals surface area contributed by atoms with Gasteiger partial charge in [0.15, 0.2) is 0 Å². The van der Waals surface area contributed by atoms with E-state index in [4.69, 9.17) is 0 Å². The zero-order chi connectivity index (χ0) is 26.9. The molecule has 0 bridgehead atoms. The molecule has 2 heteroatoms. The highest BCUT2D eigenvalue weighted by Crippen LogP contribution is 2.42. The topological polar surface area (TPSA) is 32.3 Å². The number of nitrogens with one attached hydrogen (secondary N) is 1. The number of phenolic OH excluding ortho intramolecular Hbond substituents is 1. The Kier molecular flexibility index (Phi) is 5.99. The average molecular weight is 514 g/mol. The number of hydrogen-bond acceptors (Lipinski definition) is 2. The second-order valence-electron chi connectivity index (χ2n) is 10.0. The Morgan fingerprint density at radius 3 is 1.82 bits per heavy atom. The summed E-state index contributed by atoms with van der Waals surface area (Å²) in [4.78, 5) is 0. The number of fused-ring (bicyclic) bond motifs is 2. The first-order valence-corrected chi connectivity index (χ1v) is 13.5. The first kappa shape index (κ1) is 23.8. The van der Waals surface area contributed by atoms with Gasteiger partial charge in [0.1, 0.15) is 5.75 Å².